The molecule has 0 bridgehead atoms. The van der Waals surface area contributed by atoms with Crippen molar-refractivity contribution >= 4 is 41.0 Å². The van der Waals surface area contributed by atoms with Gasteiger partial charge in [-0.05, 0) is 49.8 Å². The molecule has 0 radical (unpaired) electrons. The number of rotatable bonds is 9. The van der Waals surface area contributed by atoms with Crippen LogP contribution in [0.2, 0.25) is 0 Å². The van der Waals surface area contributed by atoms with E-state index in [1.807, 2.05) is 11.8 Å². The number of likely N-dealkylation sites (N-methyl/N-ethyl adjacent to an activating group) is 1. The minimum absolute atomic E-state index is 0.00569. The van der Waals surface area contributed by atoms with E-state index in [4.69, 9.17) is 0 Å². The van der Waals surface area contributed by atoms with Crippen LogP contribution in [-0.2, 0) is 9.59 Å². The van der Waals surface area contributed by atoms with Gasteiger partial charge in [-0.1, -0.05) is 12.1 Å². The number of β-amino-alcohol motifs (C(OH)–C–C–N with tert-alkyl or cyclic N) is 1. The minimum Gasteiger partial charge on any atom is -0.395 e. The van der Waals surface area contributed by atoms with Crippen molar-refractivity contribution in [3.8, 4) is 0 Å². The fourth-order valence-electron chi connectivity index (χ4n) is 3.69. The Bertz CT molecular complexity index is 1140. The summed E-state index contributed by atoms with van der Waals surface area (Å²) in [6.07, 6.45) is 0.318. The molecule has 1 aliphatic rings. The number of aliphatic hydroxyl groups is 2. The third kappa shape index (κ3) is 5.53. The number of urea groups is 1. The number of hydrogen-bond donors (Lipinski definition) is 2. The third-order valence-corrected chi connectivity index (χ3v) is 5.42. The molecule has 11 heteroatoms. The Balaban J connectivity index is 2.01. The number of nitrogens with zero attached hydrogens (tertiary/aromatic N) is 4. The molecule has 2 aromatic rings. The number of barbiturate groups is 1. The average Bonchev–Trinajstić information content (AvgIpc) is 2.83. The zero-order valence-electron chi connectivity index (χ0n) is 19.3. The Morgan fingerprint density at radius 2 is 1.69 bits per heavy atom. The van der Waals surface area contributed by atoms with Crippen LogP contribution in [0.25, 0.3) is 6.08 Å². The van der Waals surface area contributed by atoms with Crippen LogP contribution in [0.3, 0.4) is 0 Å². The monoisotopic (exact) mass is 482 g/mol. The molecule has 2 aromatic carbocycles. The molecule has 184 valence electrons. The number of carbonyl (C=O) groups is 3. The van der Waals surface area contributed by atoms with E-state index in [-0.39, 0.29) is 30.1 Å². The predicted octanol–water partition coefficient (Wildman–Crippen LogP) is 2.17. The van der Waals surface area contributed by atoms with Crippen LogP contribution >= 0.6 is 0 Å². The number of hydrogen-bond acceptors (Lipinski definition) is 8. The Morgan fingerprint density at radius 1 is 1.06 bits per heavy atom. The Kier molecular flexibility index (Phi) is 7.94. The molecule has 2 N–H and O–H groups in total. The van der Waals surface area contributed by atoms with Gasteiger partial charge in [-0.25, -0.2) is 9.69 Å². The molecule has 35 heavy (non-hydrogen) atoms. The molecule has 4 amide bonds. The quantitative estimate of drug-likeness (QED) is 0.239. The van der Waals surface area contributed by atoms with E-state index >= 15 is 0 Å². The van der Waals surface area contributed by atoms with Crippen LogP contribution in [0.1, 0.15) is 19.4 Å². The number of imide groups is 2. The van der Waals surface area contributed by atoms with Crippen LogP contribution in [0.15, 0.2) is 54.1 Å². The highest BCUT2D eigenvalue weighted by atomic mass is 16.6. The van der Waals surface area contributed by atoms with Gasteiger partial charge in [0.05, 0.1) is 29.9 Å². The van der Waals surface area contributed by atoms with Crippen molar-refractivity contribution < 1.29 is 29.5 Å². The molecule has 1 aliphatic heterocycles. The summed E-state index contributed by atoms with van der Waals surface area (Å²) < 4.78 is 0. The molecular weight excluding hydrogens is 456 g/mol. The summed E-state index contributed by atoms with van der Waals surface area (Å²) in [5.74, 6) is -1.73. The molecule has 0 saturated carbocycles. The molecule has 1 atom stereocenters. The molecule has 0 aliphatic carbocycles. The van der Waals surface area contributed by atoms with Gasteiger partial charge in [0.2, 0.25) is 0 Å². The lowest BCUT2D eigenvalue weighted by molar-refractivity contribution is -0.384. The molecule has 1 unspecified atom stereocenters. The van der Waals surface area contributed by atoms with Gasteiger partial charge in [0, 0.05) is 30.9 Å². The number of nitro groups is 1. The van der Waals surface area contributed by atoms with Gasteiger partial charge in [-0.15, -0.1) is 0 Å². The fraction of sp³-hybridized carbons (Fsp3) is 0.292. The summed E-state index contributed by atoms with van der Waals surface area (Å²) in [5, 5.41) is 30.0. The van der Waals surface area contributed by atoms with E-state index in [0.29, 0.717) is 18.7 Å². The summed E-state index contributed by atoms with van der Waals surface area (Å²) in [5.41, 5.74) is 0.918. The predicted molar refractivity (Wildman–Crippen MR) is 129 cm³/mol. The topological polar surface area (TPSA) is 145 Å². The van der Waals surface area contributed by atoms with Crippen molar-refractivity contribution in [2.45, 2.75) is 20.0 Å². The highest BCUT2D eigenvalue weighted by Crippen LogP contribution is 2.28. The van der Waals surface area contributed by atoms with Crippen molar-refractivity contribution in [2.75, 3.05) is 36.0 Å². The maximum atomic E-state index is 13.3. The number of anilines is 2. The first-order valence-corrected chi connectivity index (χ1v) is 11.0. The molecule has 11 nitrogen and oxygen atoms in total. The number of nitro benzene ring substituents is 1. The van der Waals surface area contributed by atoms with Crippen LogP contribution in [0, 0.1) is 10.1 Å². The van der Waals surface area contributed by atoms with Gasteiger partial charge in [-0.2, -0.15) is 0 Å². The summed E-state index contributed by atoms with van der Waals surface area (Å²) >= 11 is 0. The zero-order valence-corrected chi connectivity index (χ0v) is 19.3. The molecule has 1 fully saturated rings. The van der Waals surface area contributed by atoms with Crippen molar-refractivity contribution in [1.29, 1.82) is 0 Å². The maximum absolute atomic E-state index is 13.3. The highest BCUT2D eigenvalue weighted by Gasteiger charge is 2.43. The normalized spacial score (nSPS) is 16.1. The van der Waals surface area contributed by atoms with Gasteiger partial charge in [0.15, 0.2) is 0 Å². The number of non-ortho nitro benzene ring substituents is 1. The number of amides is 4. The number of benzene rings is 2. The molecule has 0 spiro atoms. The lowest BCUT2D eigenvalue weighted by Crippen LogP contribution is -2.58. The molecular formula is C24H26N4O7. The standard InChI is InChI=1S/C24H26N4O7/c1-3-25(12-13-29)18-6-4-17(5-7-18)14-21-22(31)26(15-16(2)30)24(33)27(23(21)32)19-8-10-20(11-9-19)28(34)35/h4-11,14,16,29-30H,3,12-13,15H2,1-2H3. The number of aliphatic hydroxyl groups excluding tert-OH is 2. The molecule has 3 rings (SSSR count). The van der Waals surface area contributed by atoms with E-state index in [0.717, 1.165) is 27.6 Å². The molecule has 1 saturated heterocycles. The Hall–Kier alpha value is -4.09. The lowest BCUT2D eigenvalue weighted by Gasteiger charge is -2.34. The van der Waals surface area contributed by atoms with Crippen LogP contribution in [-0.4, -0.2) is 70.2 Å². The van der Waals surface area contributed by atoms with Crippen molar-refractivity contribution in [3.63, 3.8) is 0 Å². The van der Waals surface area contributed by atoms with Crippen molar-refractivity contribution in [2.24, 2.45) is 0 Å². The smallest absolute Gasteiger partial charge is 0.338 e. The van der Waals surface area contributed by atoms with Crippen molar-refractivity contribution in [1.82, 2.24) is 4.90 Å². The second-order valence-corrected chi connectivity index (χ2v) is 7.91. The maximum Gasteiger partial charge on any atom is 0.338 e. The first kappa shape index (κ1) is 25.5. The Morgan fingerprint density at radius 3 is 2.20 bits per heavy atom. The van der Waals surface area contributed by atoms with Gasteiger partial charge in [-0.3, -0.25) is 24.6 Å². The van der Waals surface area contributed by atoms with E-state index in [2.05, 4.69) is 0 Å². The van der Waals surface area contributed by atoms with Gasteiger partial charge >= 0.3 is 6.03 Å². The van der Waals surface area contributed by atoms with Gasteiger partial charge < -0.3 is 15.1 Å². The summed E-state index contributed by atoms with van der Waals surface area (Å²) in [6.45, 7) is 4.14. The second-order valence-electron chi connectivity index (χ2n) is 7.91. The average molecular weight is 482 g/mol. The number of carbonyl (C=O) groups excluding carboxylic acids is 3. The van der Waals surface area contributed by atoms with Crippen LogP contribution in [0.5, 0.6) is 0 Å². The van der Waals surface area contributed by atoms with Gasteiger partial charge in [0.1, 0.15) is 5.57 Å². The zero-order chi connectivity index (χ0) is 25.7. The van der Waals surface area contributed by atoms with Crippen molar-refractivity contribution in [3.05, 3.63) is 69.8 Å². The first-order valence-electron chi connectivity index (χ1n) is 11.0. The van der Waals surface area contributed by atoms with E-state index < -0.39 is 28.9 Å². The first-order chi connectivity index (χ1) is 16.7. The fourth-order valence-corrected chi connectivity index (χ4v) is 3.69. The lowest BCUT2D eigenvalue weighted by atomic mass is 10.0. The Labute approximate surface area is 201 Å². The van der Waals surface area contributed by atoms with Crippen LogP contribution < -0.4 is 9.80 Å². The van der Waals surface area contributed by atoms with E-state index in [1.54, 1.807) is 24.3 Å². The van der Waals surface area contributed by atoms with Gasteiger partial charge in [0.25, 0.3) is 17.5 Å². The summed E-state index contributed by atoms with van der Waals surface area (Å²) in [4.78, 5) is 53.2. The SMILES string of the molecule is CCN(CCO)c1ccc(C=C2C(=O)N(CC(C)O)C(=O)N(c3ccc([N+](=O)[O-])cc3)C2=O)cc1. The van der Waals surface area contributed by atoms with E-state index in [9.17, 15) is 34.7 Å². The largest absolute Gasteiger partial charge is 0.395 e. The summed E-state index contributed by atoms with van der Waals surface area (Å²) in [6, 6.07) is 10.8. The third-order valence-electron chi connectivity index (χ3n) is 5.42. The molecule has 0 aromatic heterocycles. The highest BCUT2D eigenvalue weighted by molar-refractivity contribution is 6.39. The van der Waals surface area contributed by atoms with Crippen LogP contribution in [0.4, 0.5) is 21.9 Å². The second kappa shape index (κ2) is 10.9. The minimum atomic E-state index is -1.04. The van der Waals surface area contributed by atoms with E-state index in [1.165, 1.54) is 25.1 Å². The summed E-state index contributed by atoms with van der Waals surface area (Å²) in [7, 11) is 0. The molecule has 1 heterocycles.